The number of alkyl halides is 1. The average Bonchev–Trinajstić information content (AvgIpc) is 2.56. The van der Waals surface area contributed by atoms with Gasteiger partial charge in [-0.25, -0.2) is 13.1 Å². The molecule has 0 spiro atoms. The van der Waals surface area contributed by atoms with Crippen LogP contribution in [0.15, 0.2) is 10.3 Å². The van der Waals surface area contributed by atoms with Crippen molar-refractivity contribution in [2.24, 2.45) is 0 Å². The second kappa shape index (κ2) is 5.69. The van der Waals surface area contributed by atoms with Gasteiger partial charge in [-0.15, -0.1) is 22.9 Å². The quantitative estimate of drug-likeness (QED) is 0.850. The standard InChI is InChI=1S/C9H13Cl2NO2S2/c1-3-7(10)5-12-16(13,14)8-4-6(2)9(11)15-8/h4,7,12H,3,5H2,1-2H3. The molecular formula is C9H13Cl2NO2S2. The molecule has 0 aliphatic heterocycles. The lowest BCUT2D eigenvalue weighted by Crippen LogP contribution is -2.29. The monoisotopic (exact) mass is 301 g/mol. The van der Waals surface area contributed by atoms with E-state index >= 15 is 0 Å². The van der Waals surface area contributed by atoms with Crippen LogP contribution in [0.25, 0.3) is 0 Å². The fraction of sp³-hybridized carbons (Fsp3) is 0.556. The highest BCUT2D eigenvalue weighted by Gasteiger charge is 2.18. The normalized spacial score (nSPS) is 14.0. The van der Waals surface area contributed by atoms with Crippen molar-refractivity contribution in [2.75, 3.05) is 6.54 Å². The second-order valence-corrected chi connectivity index (χ2v) is 7.64. The fourth-order valence-corrected chi connectivity index (χ4v) is 3.98. The zero-order valence-electron chi connectivity index (χ0n) is 8.96. The molecule has 92 valence electrons. The molecule has 0 saturated carbocycles. The number of hydrogen-bond donors (Lipinski definition) is 1. The van der Waals surface area contributed by atoms with Crippen molar-refractivity contribution in [3.63, 3.8) is 0 Å². The highest BCUT2D eigenvalue weighted by Crippen LogP contribution is 2.29. The summed E-state index contributed by atoms with van der Waals surface area (Å²) in [6.45, 7) is 3.90. The Morgan fingerprint density at radius 2 is 2.19 bits per heavy atom. The maximum absolute atomic E-state index is 11.8. The van der Waals surface area contributed by atoms with Gasteiger partial charge in [0.15, 0.2) is 0 Å². The van der Waals surface area contributed by atoms with Gasteiger partial charge in [0.05, 0.1) is 4.34 Å². The summed E-state index contributed by atoms with van der Waals surface area (Å²) in [5.41, 5.74) is 0.768. The summed E-state index contributed by atoms with van der Waals surface area (Å²) < 4.78 is 26.8. The van der Waals surface area contributed by atoms with Crippen LogP contribution in [0.3, 0.4) is 0 Å². The van der Waals surface area contributed by atoms with Crippen molar-refractivity contribution < 1.29 is 8.42 Å². The van der Waals surface area contributed by atoms with Crippen LogP contribution in [0.1, 0.15) is 18.9 Å². The van der Waals surface area contributed by atoms with Crippen molar-refractivity contribution in [1.82, 2.24) is 4.72 Å². The van der Waals surface area contributed by atoms with E-state index in [1.807, 2.05) is 6.92 Å². The van der Waals surface area contributed by atoms with Crippen LogP contribution >= 0.6 is 34.5 Å². The first kappa shape index (κ1) is 14.3. The molecule has 7 heteroatoms. The number of aryl methyl sites for hydroxylation is 1. The molecule has 0 radical (unpaired) electrons. The molecule has 1 heterocycles. The molecule has 1 rings (SSSR count). The second-order valence-electron chi connectivity index (χ2n) is 3.38. The van der Waals surface area contributed by atoms with Crippen LogP contribution in [0.5, 0.6) is 0 Å². The lowest BCUT2D eigenvalue weighted by Gasteiger charge is -2.07. The number of nitrogens with one attached hydrogen (secondary N) is 1. The summed E-state index contributed by atoms with van der Waals surface area (Å²) in [5.74, 6) is 0. The van der Waals surface area contributed by atoms with Gasteiger partial charge in [0.1, 0.15) is 4.21 Å². The summed E-state index contributed by atoms with van der Waals surface area (Å²) in [6, 6.07) is 1.56. The third-order valence-electron chi connectivity index (χ3n) is 2.04. The summed E-state index contributed by atoms with van der Waals surface area (Å²) in [7, 11) is -3.47. The first-order valence-electron chi connectivity index (χ1n) is 4.76. The van der Waals surface area contributed by atoms with Gasteiger partial charge < -0.3 is 0 Å². The van der Waals surface area contributed by atoms with Gasteiger partial charge in [0, 0.05) is 11.9 Å². The summed E-state index contributed by atoms with van der Waals surface area (Å²) in [5, 5.41) is -0.189. The van der Waals surface area contributed by atoms with Crippen LogP contribution in [-0.4, -0.2) is 20.3 Å². The van der Waals surface area contributed by atoms with Gasteiger partial charge in [-0.3, -0.25) is 0 Å². The van der Waals surface area contributed by atoms with E-state index in [0.717, 1.165) is 16.9 Å². The molecule has 0 fully saturated rings. The van der Waals surface area contributed by atoms with Gasteiger partial charge in [-0.2, -0.15) is 0 Å². The highest BCUT2D eigenvalue weighted by molar-refractivity contribution is 7.91. The van der Waals surface area contributed by atoms with Crippen LogP contribution in [0, 0.1) is 6.92 Å². The molecular weight excluding hydrogens is 289 g/mol. The number of rotatable bonds is 5. The van der Waals surface area contributed by atoms with Crippen molar-refractivity contribution in [2.45, 2.75) is 29.9 Å². The van der Waals surface area contributed by atoms with Crippen molar-refractivity contribution >= 4 is 44.6 Å². The predicted molar refractivity (Wildman–Crippen MR) is 69.2 cm³/mol. The van der Waals surface area contributed by atoms with Gasteiger partial charge in [0.25, 0.3) is 0 Å². The number of sulfonamides is 1. The van der Waals surface area contributed by atoms with E-state index in [0.29, 0.717) is 10.8 Å². The maximum atomic E-state index is 11.8. The average molecular weight is 302 g/mol. The highest BCUT2D eigenvalue weighted by atomic mass is 35.5. The van der Waals surface area contributed by atoms with E-state index in [1.165, 1.54) is 0 Å². The minimum absolute atomic E-state index is 0.189. The summed E-state index contributed by atoms with van der Waals surface area (Å²) in [4.78, 5) is 0. The van der Waals surface area contributed by atoms with Gasteiger partial charge in [-0.1, -0.05) is 18.5 Å². The first-order chi connectivity index (χ1) is 7.36. The molecule has 0 aliphatic carbocycles. The molecule has 1 aromatic heterocycles. The van der Waals surface area contributed by atoms with E-state index in [9.17, 15) is 8.42 Å². The van der Waals surface area contributed by atoms with Crippen molar-refractivity contribution in [1.29, 1.82) is 0 Å². The molecule has 3 nitrogen and oxygen atoms in total. The van der Waals surface area contributed by atoms with E-state index in [-0.39, 0.29) is 16.1 Å². The van der Waals surface area contributed by atoms with E-state index < -0.39 is 10.0 Å². The number of hydrogen-bond acceptors (Lipinski definition) is 3. The molecule has 0 amide bonds. The lowest BCUT2D eigenvalue weighted by molar-refractivity contribution is 0.581. The summed E-state index contributed by atoms with van der Waals surface area (Å²) in [6.07, 6.45) is 0.717. The first-order valence-corrected chi connectivity index (χ1v) is 7.88. The maximum Gasteiger partial charge on any atom is 0.250 e. The Balaban J connectivity index is 2.78. The Kier molecular flexibility index (Phi) is 5.07. The molecule has 0 aromatic carbocycles. The number of halogens is 2. The van der Waals surface area contributed by atoms with Crippen LogP contribution in [-0.2, 0) is 10.0 Å². The van der Waals surface area contributed by atoms with Gasteiger partial charge in [0.2, 0.25) is 10.0 Å². The SMILES string of the molecule is CCC(Cl)CNS(=O)(=O)c1cc(C)c(Cl)s1. The Bertz CT molecular complexity index is 437. The van der Waals surface area contributed by atoms with Gasteiger partial charge >= 0.3 is 0 Å². The van der Waals surface area contributed by atoms with E-state index in [4.69, 9.17) is 23.2 Å². The predicted octanol–water partition coefficient (Wildman–Crippen LogP) is 3.01. The van der Waals surface area contributed by atoms with Gasteiger partial charge in [-0.05, 0) is 25.0 Å². The Morgan fingerprint density at radius 3 is 2.62 bits per heavy atom. The molecule has 1 aromatic rings. The molecule has 0 bridgehead atoms. The van der Waals surface area contributed by atoms with Crippen molar-refractivity contribution in [3.05, 3.63) is 16.0 Å². The molecule has 1 unspecified atom stereocenters. The third-order valence-corrected chi connectivity index (χ3v) is 5.95. The Labute approximate surface area is 110 Å². The van der Waals surface area contributed by atoms with E-state index in [1.54, 1.807) is 13.0 Å². The largest absolute Gasteiger partial charge is 0.250 e. The lowest BCUT2D eigenvalue weighted by atomic mass is 10.3. The van der Waals surface area contributed by atoms with Crippen LogP contribution in [0.4, 0.5) is 0 Å². The Hall–Kier alpha value is 0.190. The summed E-state index contributed by atoms with van der Waals surface area (Å²) >= 11 is 12.7. The topological polar surface area (TPSA) is 46.2 Å². The molecule has 0 aliphatic rings. The Morgan fingerprint density at radius 1 is 1.56 bits per heavy atom. The van der Waals surface area contributed by atoms with E-state index in [2.05, 4.69) is 4.72 Å². The third kappa shape index (κ3) is 3.60. The smallest absolute Gasteiger partial charge is 0.209 e. The zero-order valence-corrected chi connectivity index (χ0v) is 12.1. The number of thiophene rings is 1. The molecule has 1 atom stereocenters. The van der Waals surface area contributed by atoms with Crippen LogP contribution in [0.2, 0.25) is 4.34 Å². The molecule has 0 saturated heterocycles. The zero-order chi connectivity index (χ0) is 12.3. The molecule has 1 N–H and O–H groups in total. The minimum Gasteiger partial charge on any atom is -0.209 e. The van der Waals surface area contributed by atoms with Crippen LogP contribution < -0.4 is 4.72 Å². The van der Waals surface area contributed by atoms with Crippen molar-refractivity contribution in [3.8, 4) is 0 Å². The molecule has 16 heavy (non-hydrogen) atoms. The fourth-order valence-electron chi connectivity index (χ4n) is 0.980. The minimum atomic E-state index is -3.47.